The molecule has 0 aliphatic carbocycles. The van der Waals surface area contributed by atoms with Crippen molar-refractivity contribution in [1.82, 2.24) is 14.7 Å². The van der Waals surface area contributed by atoms with Crippen molar-refractivity contribution in [3.8, 4) is 5.75 Å². The van der Waals surface area contributed by atoms with Gasteiger partial charge in [0.1, 0.15) is 18.5 Å². The quantitative estimate of drug-likeness (QED) is 0.631. The Balaban J connectivity index is 1.58. The number of amidine groups is 1. The van der Waals surface area contributed by atoms with Crippen LogP contribution >= 0.6 is 23.2 Å². The minimum atomic E-state index is -0.936. The molecule has 3 aliphatic heterocycles. The molecule has 3 aliphatic rings. The van der Waals surface area contributed by atoms with E-state index in [1.54, 1.807) is 30.1 Å². The van der Waals surface area contributed by atoms with Crippen LogP contribution in [-0.4, -0.2) is 101 Å². The van der Waals surface area contributed by atoms with Crippen molar-refractivity contribution >= 4 is 46.9 Å². The van der Waals surface area contributed by atoms with Crippen LogP contribution in [0.1, 0.15) is 25.7 Å². The lowest BCUT2D eigenvalue weighted by molar-refractivity contribution is -0.531. The number of guanidine groups is 1. The van der Waals surface area contributed by atoms with E-state index in [9.17, 15) is 14.7 Å². The largest absolute Gasteiger partial charge is 0.489 e. The van der Waals surface area contributed by atoms with Gasteiger partial charge in [0.2, 0.25) is 11.9 Å². The normalized spacial score (nSPS) is 22.4. The van der Waals surface area contributed by atoms with Gasteiger partial charge in [-0.3, -0.25) is 19.2 Å². The van der Waals surface area contributed by atoms with Crippen molar-refractivity contribution in [2.24, 2.45) is 4.99 Å². The van der Waals surface area contributed by atoms with Gasteiger partial charge in [0.25, 0.3) is 5.91 Å². The van der Waals surface area contributed by atoms with E-state index in [0.29, 0.717) is 27.6 Å². The third kappa shape index (κ3) is 4.81. The molecule has 1 aromatic rings. The van der Waals surface area contributed by atoms with Crippen LogP contribution in [0.15, 0.2) is 23.2 Å². The highest BCUT2D eigenvalue weighted by Gasteiger charge is 2.55. The van der Waals surface area contributed by atoms with Gasteiger partial charge in [-0.25, -0.2) is 9.69 Å². The molecule has 0 saturated carbocycles. The van der Waals surface area contributed by atoms with Crippen LogP contribution in [0, 0.1) is 0 Å². The smallest absolute Gasteiger partial charge is 0.392 e. The maximum absolute atomic E-state index is 13.1. The molecule has 2 atom stereocenters. The Morgan fingerprint density at radius 2 is 1.85 bits per heavy atom. The molecule has 0 aromatic heterocycles. The standard InChI is InChI=1S/C22H28Cl2N5O4/c1-26-19-18(20(31)27(2)22(26)32)29(21(25-19)28-9-5-3-4-6-10-28)12-15(30)13-33-17-8-7-14(23)11-16(17)24/h7-8,11,15,18,30H,3-6,9-10,12-13H2,1-2H3/q+1. The molecular weight excluding hydrogens is 469 g/mol. The lowest BCUT2D eigenvalue weighted by Crippen LogP contribution is -2.63. The Kier molecular flexibility index (Phi) is 7.11. The molecule has 1 N–H and O–H groups in total. The summed E-state index contributed by atoms with van der Waals surface area (Å²) in [5, 5.41) is 11.7. The van der Waals surface area contributed by atoms with Gasteiger partial charge in [-0.15, -0.1) is 0 Å². The van der Waals surface area contributed by atoms with Crippen LogP contribution < -0.4 is 4.74 Å². The van der Waals surface area contributed by atoms with Crippen LogP contribution in [0.2, 0.25) is 10.0 Å². The summed E-state index contributed by atoms with van der Waals surface area (Å²) in [5.41, 5.74) is 0. The number of likely N-dealkylation sites (N-methyl/N-ethyl adjacent to an activating group) is 2. The second-order valence-electron chi connectivity index (χ2n) is 8.50. The number of halogens is 2. The van der Waals surface area contributed by atoms with Crippen molar-refractivity contribution in [2.75, 3.05) is 40.3 Å². The third-order valence-electron chi connectivity index (χ3n) is 6.13. The maximum Gasteiger partial charge on any atom is 0.392 e. The molecule has 3 amide bonds. The first-order valence-corrected chi connectivity index (χ1v) is 11.8. The summed E-state index contributed by atoms with van der Waals surface area (Å²) in [6.45, 7) is 1.69. The van der Waals surface area contributed by atoms with Crippen molar-refractivity contribution in [3.63, 3.8) is 0 Å². The average Bonchev–Trinajstić information content (AvgIpc) is 2.96. The molecule has 2 fully saturated rings. The van der Waals surface area contributed by atoms with Crippen LogP contribution in [0.25, 0.3) is 0 Å². The Hall–Kier alpha value is -2.36. The predicted octanol–water partition coefficient (Wildman–Crippen LogP) is 2.28. The van der Waals surface area contributed by atoms with E-state index in [-0.39, 0.29) is 19.1 Å². The number of rotatable bonds is 5. The summed E-state index contributed by atoms with van der Waals surface area (Å²) < 4.78 is 7.85. The predicted molar refractivity (Wildman–Crippen MR) is 125 cm³/mol. The molecule has 2 unspecified atom stereocenters. The Bertz CT molecular complexity index is 1000. The van der Waals surface area contributed by atoms with Gasteiger partial charge < -0.3 is 9.84 Å². The molecule has 2 saturated heterocycles. The fourth-order valence-corrected chi connectivity index (χ4v) is 4.82. The number of urea groups is 1. The van der Waals surface area contributed by atoms with Crippen molar-refractivity contribution in [1.29, 1.82) is 0 Å². The van der Waals surface area contributed by atoms with E-state index in [4.69, 9.17) is 32.9 Å². The first-order chi connectivity index (χ1) is 15.8. The Morgan fingerprint density at radius 3 is 2.52 bits per heavy atom. The molecule has 0 spiro atoms. The number of aliphatic hydroxyl groups is 1. The van der Waals surface area contributed by atoms with Crippen LogP contribution in [0.4, 0.5) is 4.79 Å². The van der Waals surface area contributed by atoms with Gasteiger partial charge >= 0.3 is 12.0 Å². The molecule has 0 bridgehead atoms. The number of imide groups is 1. The monoisotopic (exact) mass is 496 g/mol. The number of fused-ring (bicyclic) bond motifs is 1. The molecule has 11 heteroatoms. The first-order valence-electron chi connectivity index (χ1n) is 11.1. The van der Waals surface area contributed by atoms with Crippen LogP contribution in [0.5, 0.6) is 5.75 Å². The molecule has 4 rings (SSSR count). The molecular formula is C22H28Cl2N5O4+. The maximum atomic E-state index is 13.1. The summed E-state index contributed by atoms with van der Waals surface area (Å²) in [5.74, 6) is 1.05. The van der Waals surface area contributed by atoms with E-state index in [1.165, 1.54) is 11.9 Å². The number of carbonyl (C=O) groups excluding carboxylic acids is 2. The molecule has 1 aromatic carbocycles. The van der Waals surface area contributed by atoms with Gasteiger partial charge in [0.05, 0.1) is 24.7 Å². The van der Waals surface area contributed by atoms with Gasteiger partial charge in [-0.1, -0.05) is 41.0 Å². The van der Waals surface area contributed by atoms with E-state index < -0.39 is 18.2 Å². The first kappa shape index (κ1) is 23.8. The number of ether oxygens (including phenoxy) is 1. The summed E-state index contributed by atoms with van der Waals surface area (Å²) >= 11 is 12.1. The highest BCUT2D eigenvalue weighted by molar-refractivity contribution is 6.35. The highest BCUT2D eigenvalue weighted by atomic mass is 35.5. The zero-order valence-electron chi connectivity index (χ0n) is 18.7. The molecule has 33 heavy (non-hydrogen) atoms. The van der Waals surface area contributed by atoms with E-state index in [1.807, 2.05) is 0 Å². The summed E-state index contributed by atoms with van der Waals surface area (Å²) in [7, 11) is 3.07. The van der Waals surface area contributed by atoms with E-state index in [0.717, 1.165) is 43.7 Å². The lowest BCUT2D eigenvalue weighted by Gasteiger charge is -2.33. The number of hydrogen-bond donors (Lipinski definition) is 1. The van der Waals surface area contributed by atoms with Crippen molar-refractivity contribution in [2.45, 2.75) is 37.8 Å². The molecule has 9 nitrogen and oxygen atoms in total. The lowest BCUT2D eigenvalue weighted by atomic mass is 10.1. The average molecular weight is 497 g/mol. The molecule has 3 heterocycles. The topological polar surface area (TPSA) is 88.7 Å². The zero-order chi connectivity index (χ0) is 23.7. The molecule has 178 valence electrons. The number of hydrogen-bond acceptors (Lipinski definition) is 4. The number of aliphatic imine (C=N–C) groups is 1. The highest BCUT2D eigenvalue weighted by Crippen LogP contribution is 2.28. The van der Waals surface area contributed by atoms with E-state index >= 15 is 0 Å². The molecule has 0 radical (unpaired) electrons. The number of nitrogens with zero attached hydrogens (tertiary/aromatic N) is 5. The van der Waals surface area contributed by atoms with E-state index in [2.05, 4.69) is 4.58 Å². The second-order valence-corrected chi connectivity index (χ2v) is 9.35. The second kappa shape index (κ2) is 9.87. The number of amides is 3. The number of β-amino-alcohol motifs (C(OH)–C–C–N with tert-alkyl or cyclic N) is 1. The third-order valence-corrected chi connectivity index (χ3v) is 6.66. The Labute approximate surface area is 202 Å². The van der Waals surface area contributed by atoms with Crippen molar-refractivity contribution < 1.29 is 24.0 Å². The number of benzene rings is 1. The van der Waals surface area contributed by atoms with Gasteiger partial charge in [0, 0.05) is 19.1 Å². The number of aliphatic hydroxyl groups excluding tert-OH is 1. The number of carbonyl (C=O) groups is 2. The fourth-order valence-electron chi connectivity index (χ4n) is 4.35. The zero-order valence-corrected chi connectivity index (χ0v) is 20.2. The van der Waals surface area contributed by atoms with Crippen LogP contribution in [0.3, 0.4) is 0 Å². The SMILES string of the molecule is CN1C(=O)C2C(=NC(=[N+]3CCCCCC3)N2CC(O)COc2ccc(Cl)cc2Cl)N(C)C1=O. The Morgan fingerprint density at radius 1 is 1.15 bits per heavy atom. The van der Waals surface area contributed by atoms with Gasteiger partial charge in [-0.05, 0) is 31.0 Å². The van der Waals surface area contributed by atoms with Crippen molar-refractivity contribution in [3.05, 3.63) is 28.2 Å². The van der Waals surface area contributed by atoms with Crippen LogP contribution in [-0.2, 0) is 4.79 Å². The summed E-state index contributed by atoms with van der Waals surface area (Å²) in [6, 6.07) is 3.67. The van der Waals surface area contributed by atoms with Gasteiger partial charge in [-0.2, -0.15) is 0 Å². The van der Waals surface area contributed by atoms with Gasteiger partial charge in [0.15, 0.2) is 0 Å². The summed E-state index contributed by atoms with van der Waals surface area (Å²) in [6.07, 6.45) is 3.39. The minimum Gasteiger partial charge on any atom is -0.489 e. The minimum absolute atomic E-state index is 0.0357. The summed E-state index contributed by atoms with van der Waals surface area (Å²) in [4.78, 5) is 34.6. The fraction of sp³-hybridized carbons (Fsp3) is 0.545.